The SMILES string of the molecule is COCCCC(N)=NCCCCN. The van der Waals surface area contributed by atoms with Gasteiger partial charge in [-0.25, -0.2) is 0 Å². The molecule has 0 spiro atoms. The van der Waals surface area contributed by atoms with Gasteiger partial charge in [0.15, 0.2) is 0 Å². The molecular formula is C9H21N3O. The molecular weight excluding hydrogens is 166 g/mol. The van der Waals surface area contributed by atoms with E-state index in [0.717, 1.165) is 51.2 Å². The highest BCUT2D eigenvalue weighted by Crippen LogP contribution is 1.92. The molecule has 0 aromatic rings. The molecule has 0 radical (unpaired) electrons. The number of rotatable bonds is 8. The van der Waals surface area contributed by atoms with Gasteiger partial charge in [0.1, 0.15) is 0 Å². The van der Waals surface area contributed by atoms with Gasteiger partial charge in [0.2, 0.25) is 0 Å². The van der Waals surface area contributed by atoms with Crippen LogP contribution >= 0.6 is 0 Å². The fraction of sp³-hybridized carbons (Fsp3) is 0.889. The number of nitrogens with zero attached hydrogens (tertiary/aromatic N) is 1. The highest BCUT2D eigenvalue weighted by molar-refractivity contribution is 5.80. The third kappa shape index (κ3) is 9.30. The summed E-state index contributed by atoms with van der Waals surface area (Å²) in [6.45, 7) is 2.29. The lowest BCUT2D eigenvalue weighted by Gasteiger charge is -2.00. The van der Waals surface area contributed by atoms with E-state index in [1.165, 1.54) is 0 Å². The fourth-order valence-electron chi connectivity index (χ4n) is 0.955. The van der Waals surface area contributed by atoms with Crippen LogP contribution in [-0.4, -0.2) is 32.6 Å². The molecule has 0 aliphatic rings. The first-order valence-corrected chi connectivity index (χ1v) is 4.79. The van der Waals surface area contributed by atoms with Gasteiger partial charge in [-0.05, 0) is 25.8 Å². The van der Waals surface area contributed by atoms with Gasteiger partial charge >= 0.3 is 0 Å². The number of methoxy groups -OCH3 is 1. The lowest BCUT2D eigenvalue weighted by atomic mass is 10.3. The molecule has 0 amide bonds. The number of nitrogens with two attached hydrogens (primary N) is 2. The average molecular weight is 187 g/mol. The van der Waals surface area contributed by atoms with Crippen LogP contribution in [0.15, 0.2) is 4.99 Å². The second-order valence-corrected chi connectivity index (χ2v) is 2.97. The predicted octanol–water partition coefficient (Wildman–Crippen LogP) is 0.509. The van der Waals surface area contributed by atoms with Gasteiger partial charge in [-0.1, -0.05) is 0 Å². The standard InChI is InChI=1S/C9H21N3O/c1-13-8-4-5-9(11)12-7-3-2-6-10/h2-8,10H2,1H3,(H2,11,12). The van der Waals surface area contributed by atoms with Crippen molar-refractivity contribution in [1.29, 1.82) is 0 Å². The van der Waals surface area contributed by atoms with Crippen molar-refractivity contribution in [2.24, 2.45) is 16.5 Å². The second kappa shape index (κ2) is 9.48. The minimum absolute atomic E-state index is 0.731. The molecule has 0 aliphatic heterocycles. The molecule has 0 aromatic heterocycles. The summed E-state index contributed by atoms with van der Waals surface area (Å²) in [7, 11) is 1.69. The fourth-order valence-corrected chi connectivity index (χ4v) is 0.955. The summed E-state index contributed by atoms with van der Waals surface area (Å²) in [6.07, 6.45) is 3.83. The maximum atomic E-state index is 5.66. The molecule has 4 N–H and O–H groups in total. The molecule has 13 heavy (non-hydrogen) atoms. The number of aliphatic imine (C=N–C) groups is 1. The molecule has 78 valence electrons. The Balaban J connectivity index is 3.29. The van der Waals surface area contributed by atoms with E-state index in [2.05, 4.69) is 4.99 Å². The van der Waals surface area contributed by atoms with Crippen molar-refractivity contribution >= 4 is 5.84 Å². The molecule has 0 bridgehead atoms. The van der Waals surface area contributed by atoms with E-state index in [1.807, 2.05) is 0 Å². The number of hydrogen-bond donors (Lipinski definition) is 2. The first-order valence-electron chi connectivity index (χ1n) is 4.79. The van der Waals surface area contributed by atoms with E-state index in [0.29, 0.717) is 0 Å². The summed E-state index contributed by atoms with van der Waals surface area (Å²) in [6, 6.07) is 0. The molecule has 0 heterocycles. The topological polar surface area (TPSA) is 73.6 Å². The maximum Gasteiger partial charge on any atom is 0.0937 e. The number of hydrogen-bond acceptors (Lipinski definition) is 3. The number of unbranched alkanes of at least 4 members (excludes halogenated alkanes) is 1. The summed E-state index contributed by atoms with van der Waals surface area (Å²) < 4.78 is 4.91. The molecule has 0 rings (SSSR count). The molecule has 0 unspecified atom stereocenters. The van der Waals surface area contributed by atoms with Crippen LogP contribution in [0.25, 0.3) is 0 Å². The lowest BCUT2D eigenvalue weighted by molar-refractivity contribution is 0.196. The van der Waals surface area contributed by atoms with Crippen molar-refractivity contribution in [1.82, 2.24) is 0 Å². The number of amidine groups is 1. The Kier molecular flexibility index (Phi) is 9.03. The Morgan fingerprint density at radius 1 is 1.31 bits per heavy atom. The Morgan fingerprint density at radius 2 is 2.08 bits per heavy atom. The van der Waals surface area contributed by atoms with E-state index in [-0.39, 0.29) is 0 Å². The van der Waals surface area contributed by atoms with Crippen LogP contribution in [0.3, 0.4) is 0 Å². The number of ether oxygens (including phenoxy) is 1. The van der Waals surface area contributed by atoms with Gasteiger partial charge in [0, 0.05) is 26.7 Å². The minimum Gasteiger partial charge on any atom is -0.387 e. The summed E-state index contributed by atoms with van der Waals surface area (Å²) in [5.41, 5.74) is 11.0. The van der Waals surface area contributed by atoms with Crippen LogP contribution < -0.4 is 11.5 Å². The molecule has 4 nitrogen and oxygen atoms in total. The quantitative estimate of drug-likeness (QED) is 0.330. The van der Waals surface area contributed by atoms with Gasteiger partial charge < -0.3 is 16.2 Å². The first kappa shape index (κ1) is 12.4. The minimum atomic E-state index is 0.731. The Labute approximate surface area is 80.3 Å². The zero-order valence-corrected chi connectivity index (χ0v) is 8.46. The monoisotopic (exact) mass is 187 g/mol. The van der Waals surface area contributed by atoms with Crippen LogP contribution in [0.2, 0.25) is 0 Å². The molecule has 0 atom stereocenters. The van der Waals surface area contributed by atoms with Crippen molar-refractivity contribution in [3.8, 4) is 0 Å². The van der Waals surface area contributed by atoms with Gasteiger partial charge in [-0.2, -0.15) is 0 Å². The Hall–Kier alpha value is -0.610. The zero-order valence-electron chi connectivity index (χ0n) is 8.46. The van der Waals surface area contributed by atoms with Gasteiger partial charge in [0.25, 0.3) is 0 Å². The van der Waals surface area contributed by atoms with Crippen molar-refractivity contribution < 1.29 is 4.74 Å². The van der Waals surface area contributed by atoms with Gasteiger partial charge in [-0.15, -0.1) is 0 Å². The molecule has 0 aliphatic carbocycles. The van der Waals surface area contributed by atoms with Crippen molar-refractivity contribution in [2.45, 2.75) is 25.7 Å². The highest BCUT2D eigenvalue weighted by atomic mass is 16.5. The Bertz CT molecular complexity index is 137. The van der Waals surface area contributed by atoms with E-state index in [4.69, 9.17) is 16.2 Å². The van der Waals surface area contributed by atoms with E-state index in [1.54, 1.807) is 7.11 Å². The zero-order chi connectivity index (χ0) is 9.94. The van der Waals surface area contributed by atoms with E-state index in [9.17, 15) is 0 Å². The predicted molar refractivity (Wildman–Crippen MR) is 55.9 cm³/mol. The largest absolute Gasteiger partial charge is 0.387 e. The van der Waals surface area contributed by atoms with Crippen LogP contribution in [0.1, 0.15) is 25.7 Å². The third-order valence-electron chi connectivity index (χ3n) is 1.71. The average Bonchev–Trinajstić information content (AvgIpc) is 2.13. The van der Waals surface area contributed by atoms with Crippen LogP contribution in [-0.2, 0) is 4.74 Å². The van der Waals surface area contributed by atoms with Gasteiger partial charge in [-0.3, -0.25) is 4.99 Å². The van der Waals surface area contributed by atoms with Crippen molar-refractivity contribution in [3.63, 3.8) is 0 Å². The smallest absolute Gasteiger partial charge is 0.0937 e. The van der Waals surface area contributed by atoms with Crippen LogP contribution in [0, 0.1) is 0 Å². The van der Waals surface area contributed by atoms with Crippen LogP contribution in [0.5, 0.6) is 0 Å². The summed E-state index contributed by atoms with van der Waals surface area (Å²) in [4.78, 5) is 4.22. The third-order valence-corrected chi connectivity index (χ3v) is 1.71. The molecule has 0 aromatic carbocycles. The first-order chi connectivity index (χ1) is 6.31. The lowest BCUT2D eigenvalue weighted by Crippen LogP contribution is -2.13. The molecule has 0 saturated carbocycles. The summed E-state index contributed by atoms with van der Waals surface area (Å²) in [5.74, 6) is 0.731. The summed E-state index contributed by atoms with van der Waals surface area (Å²) in [5, 5.41) is 0. The van der Waals surface area contributed by atoms with Gasteiger partial charge in [0.05, 0.1) is 5.84 Å². The molecule has 0 fully saturated rings. The van der Waals surface area contributed by atoms with E-state index < -0.39 is 0 Å². The normalized spacial score (nSPS) is 12.0. The molecule has 0 saturated heterocycles. The van der Waals surface area contributed by atoms with Crippen LogP contribution in [0.4, 0.5) is 0 Å². The highest BCUT2D eigenvalue weighted by Gasteiger charge is 1.92. The summed E-state index contributed by atoms with van der Waals surface area (Å²) >= 11 is 0. The second-order valence-electron chi connectivity index (χ2n) is 2.97. The van der Waals surface area contributed by atoms with Crippen molar-refractivity contribution in [2.75, 3.05) is 26.8 Å². The Morgan fingerprint density at radius 3 is 2.69 bits per heavy atom. The van der Waals surface area contributed by atoms with Crippen molar-refractivity contribution in [3.05, 3.63) is 0 Å². The van der Waals surface area contributed by atoms with E-state index >= 15 is 0 Å². The maximum absolute atomic E-state index is 5.66. The molecule has 4 heteroatoms.